The predicted molar refractivity (Wildman–Crippen MR) is 86.9 cm³/mol. The number of benzene rings is 1. The molecular weight excluding hydrogens is 284 g/mol. The molecule has 1 amide bonds. The fourth-order valence-corrected chi connectivity index (χ4v) is 2.86. The van der Waals surface area contributed by atoms with Crippen molar-refractivity contribution in [3.63, 3.8) is 0 Å². The van der Waals surface area contributed by atoms with E-state index < -0.39 is 6.10 Å². The standard InChI is InChI=1S/C16H24N2O2S/c1-11-15(5-4-10-17-11)18-16(19)12(2)20-13-6-8-14(21-3)9-7-13/h6-9,11-12,15,17H,4-5,10H2,1-3H3,(H,18,19). The molecule has 3 atom stereocenters. The van der Waals surface area contributed by atoms with Crippen molar-refractivity contribution in [3.05, 3.63) is 24.3 Å². The van der Waals surface area contributed by atoms with E-state index in [1.807, 2.05) is 30.5 Å². The number of amides is 1. The third-order valence-electron chi connectivity index (χ3n) is 3.83. The van der Waals surface area contributed by atoms with Crippen molar-refractivity contribution in [2.24, 2.45) is 0 Å². The summed E-state index contributed by atoms with van der Waals surface area (Å²) in [5.74, 6) is 0.676. The molecule has 0 bridgehead atoms. The molecule has 21 heavy (non-hydrogen) atoms. The SMILES string of the molecule is CSc1ccc(OC(C)C(=O)NC2CCCNC2C)cc1. The van der Waals surface area contributed by atoms with Gasteiger partial charge >= 0.3 is 0 Å². The molecule has 0 radical (unpaired) electrons. The van der Waals surface area contributed by atoms with E-state index in [2.05, 4.69) is 17.6 Å². The van der Waals surface area contributed by atoms with E-state index in [9.17, 15) is 4.79 Å². The molecule has 0 spiro atoms. The fourth-order valence-electron chi connectivity index (χ4n) is 2.45. The summed E-state index contributed by atoms with van der Waals surface area (Å²) in [5, 5.41) is 6.46. The van der Waals surface area contributed by atoms with Crippen molar-refractivity contribution in [1.29, 1.82) is 0 Å². The van der Waals surface area contributed by atoms with Crippen molar-refractivity contribution in [2.45, 2.75) is 49.8 Å². The zero-order chi connectivity index (χ0) is 15.2. The maximum atomic E-state index is 12.2. The Morgan fingerprint density at radius 3 is 2.76 bits per heavy atom. The maximum Gasteiger partial charge on any atom is 0.261 e. The van der Waals surface area contributed by atoms with Gasteiger partial charge in [-0.1, -0.05) is 0 Å². The van der Waals surface area contributed by atoms with Gasteiger partial charge in [0.25, 0.3) is 5.91 Å². The summed E-state index contributed by atoms with van der Waals surface area (Å²) in [6.07, 6.45) is 3.67. The summed E-state index contributed by atoms with van der Waals surface area (Å²) in [6.45, 7) is 4.93. The van der Waals surface area contributed by atoms with Crippen molar-refractivity contribution >= 4 is 17.7 Å². The van der Waals surface area contributed by atoms with Crippen molar-refractivity contribution in [2.75, 3.05) is 12.8 Å². The fraction of sp³-hybridized carbons (Fsp3) is 0.562. The molecule has 1 aromatic rings. The predicted octanol–water partition coefficient (Wildman–Crippen LogP) is 2.43. The maximum absolute atomic E-state index is 12.2. The quantitative estimate of drug-likeness (QED) is 0.820. The molecule has 3 unspecified atom stereocenters. The van der Waals surface area contributed by atoms with Crippen LogP contribution in [0.5, 0.6) is 5.75 Å². The first-order chi connectivity index (χ1) is 10.1. The Balaban J connectivity index is 1.86. The van der Waals surface area contributed by atoms with E-state index in [0.29, 0.717) is 6.04 Å². The highest BCUT2D eigenvalue weighted by Gasteiger charge is 2.25. The Hall–Kier alpha value is -1.20. The lowest BCUT2D eigenvalue weighted by molar-refractivity contribution is -0.128. The lowest BCUT2D eigenvalue weighted by atomic mass is 10.00. The average molecular weight is 308 g/mol. The number of piperidine rings is 1. The van der Waals surface area contributed by atoms with Crippen LogP contribution in [0, 0.1) is 0 Å². The molecule has 1 fully saturated rings. The molecular formula is C16H24N2O2S. The van der Waals surface area contributed by atoms with Gasteiger partial charge in [0.1, 0.15) is 5.75 Å². The molecule has 1 aliphatic heterocycles. The van der Waals surface area contributed by atoms with Gasteiger partial charge in [-0.3, -0.25) is 4.79 Å². The second-order valence-corrected chi connectivity index (χ2v) is 6.32. The summed E-state index contributed by atoms with van der Waals surface area (Å²) in [6, 6.07) is 8.31. The summed E-state index contributed by atoms with van der Waals surface area (Å²) in [4.78, 5) is 13.4. The van der Waals surface area contributed by atoms with Gasteiger partial charge in [0.2, 0.25) is 0 Å². The number of carbonyl (C=O) groups excluding carboxylic acids is 1. The van der Waals surface area contributed by atoms with Crippen molar-refractivity contribution in [3.8, 4) is 5.75 Å². The third kappa shape index (κ3) is 4.64. The summed E-state index contributed by atoms with van der Waals surface area (Å²) in [7, 11) is 0. The van der Waals surface area contributed by atoms with E-state index in [4.69, 9.17) is 4.74 Å². The van der Waals surface area contributed by atoms with E-state index in [1.165, 1.54) is 4.90 Å². The minimum atomic E-state index is -0.487. The molecule has 0 saturated carbocycles. The van der Waals surface area contributed by atoms with Gasteiger partial charge in [0.05, 0.1) is 0 Å². The summed E-state index contributed by atoms with van der Waals surface area (Å²) in [5.41, 5.74) is 0. The number of carbonyl (C=O) groups is 1. The normalized spacial score (nSPS) is 23.4. The highest BCUT2D eigenvalue weighted by molar-refractivity contribution is 7.98. The molecule has 2 N–H and O–H groups in total. The van der Waals surface area contributed by atoms with Crippen LogP contribution in [0.25, 0.3) is 0 Å². The smallest absolute Gasteiger partial charge is 0.261 e. The van der Waals surface area contributed by atoms with Gasteiger partial charge in [-0.05, 0) is 63.8 Å². The van der Waals surface area contributed by atoms with E-state index in [-0.39, 0.29) is 11.9 Å². The van der Waals surface area contributed by atoms with Crippen LogP contribution in [-0.2, 0) is 4.79 Å². The van der Waals surface area contributed by atoms with Gasteiger partial charge in [-0.25, -0.2) is 0 Å². The first-order valence-electron chi connectivity index (χ1n) is 7.44. The Morgan fingerprint density at radius 1 is 1.43 bits per heavy atom. The Labute approximate surface area is 131 Å². The Kier molecular flexibility index (Phi) is 5.94. The Bertz CT molecular complexity index is 464. The summed E-state index contributed by atoms with van der Waals surface area (Å²) >= 11 is 1.68. The molecule has 1 aliphatic rings. The topological polar surface area (TPSA) is 50.4 Å². The number of hydrogen-bond donors (Lipinski definition) is 2. The molecule has 1 aromatic carbocycles. The van der Waals surface area contributed by atoms with Crippen molar-refractivity contribution in [1.82, 2.24) is 10.6 Å². The third-order valence-corrected chi connectivity index (χ3v) is 4.57. The zero-order valence-corrected chi connectivity index (χ0v) is 13.7. The number of rotatable bonds is 5. The van der Waals surface area contributed by atoms with Gasteiger partial charge < -0.3 is 15.4 Å². The first-order valence-corrected chi connectivity index (χ1v) is 8.67. The van der Waals surface area contributed by atoms with Crippen LogP contribution in [0.1, 0.15) is 26.7 Å². The highest BCUT2D eigenvalue weighted by atomic mass is 32.2. The number of ether oxygens (including phenoxy) is 1. The van der Waals surface area contributed by atoms with Crippen molar-refractivity contribution < 1.29 is 9.53 Å². The van der Waals surface area contributed by atoms with Crippen LogP contribution in [0.2, 0.25) is 0 Å². The van der Waals surface area contributed by atoms with E-state index in [0.717, 1.165) is 25.1 Å². The van der Waals surface area contributed by atoms with Crippen LogP contribution in [-0.4, -0.2) is 36.9 Å². The number of thioether (sulfide) groups is 1. The second kappa shape index (κ2) is 7.71. The summed E-state index contributed by atoms with van der Waals surface area (Å²) < 4.78 is 5.71. The van der Waals surface area contributed by atoms with Crippen LogP contribution in [0.4, 0.5) is 0 Å². The van der Waals surface area contributed by atoms with Gasteiger partial charge in [-0.2, -0.15) is 0 Å². The zero-order valence-electron chi connectivity index (χ0n) is 12.9. The van der Waals surface area contributed by atoms with Crippen LogP contribution < -0.4 is 15.4 Å². The van der Waals surface area contributed by atoms with Crippen LogP contribution >= 0.6 is 11.8 Å². The minimum Gasteiger partial charge on any atom is -0.481 e. The second-order valence-electron chi connectivity index (χ2n) is 5.44. The molecule has 5 heteroatoms. The molecule has 0 aromatic heterocycles. The Morgan fingerprint density at radius 2 is 2.14 bits per heavy atom. The number of hydrogen-bond acceptors (Lipinski definition) is 4. The largest absolute Gasteiger partial charge is 0.481 e. The minimum absolute atomic E-state index is 0.0514. The van der Waals surface area contributed by atoms with Gasteiger partial charge in [0, 0.05) is 17.0 Å². The van der Waals surface area contributed by atoms with Crippen LogP contribution in [0.3, 0.4) is 0 Å². The first kappa shape index (κ1) is 16.2. The molecule has 0 aliphatic carbocycles. The average Bonchev–Trinajstić information content (AvgIpc) is 2.50. The van der Waals surface area contributed by atoms with E-state index >= 15 is 0 Å². The monoisotopic (exact) mass is 308 g/mol. The molecule has 1 heterocycles. The van der Waals surface area contributed by atoms with Gasteiger partial charge in [0.15, 0.2) is 6.10 Å². The highest BCUT2D eigenvalue weighted by Crippen LogP contribution is 2.20. The van der Waals surface area contributed by atoms with Crippen LogP contribution in [0.15, 0.2) is 29.2 Å². The molecule has 116 valence electrons. The number of nitrogens with one attached hydrogen (secondary N) is 2. The molecule has 4 nitrogen and oxygen atoms in total. The molecule has 2 rings (SSSR count). The van der Waals surface area contributed by atoms with E-state index in [1.54, 1.807) is 18.7 Å². The molecule has 1 saturated heterocycles. The lowest BCUT2D eigenvalue weighted by Gasteiger charge is -2.31. The lowest BCUT2D eigenvalue weighted by Crippen LogP contribution is -2.54. The van der Waals surface area contributed by atoms with Gasteiger partial charge in [-0.15, -0.1) is 11.8 Å².